The Labute approximate surface area is 62.9 Å². The van der Waals surface area contributed by atoms with Gasteiger partial charge in [-0.15, -0.1) is 0 Å². The van der Waals surface area contributed by atoms with Gasteiger partial charge in [0, 0.05) is 0 Å². The van der Waals surface area contributed by atoms with E-state index in [1.807, 2.05) is 0 Å². The Kier molecular flexibility index (Phi) is 3.79. The second kappa shape index (κ2) is 4.37. The molecule has 6 nitrogen and oxygen atoms in total. The summed E-state index contributed by atoms with van der Waals surface area (Å²) in [5, 5.41) is 13.2. The van der Waals surface area contributed by atoms with Crippen molar-refractivity contribution in [3.63, 3.8) is 0 Å². The highest BCUT2D eigenvalue weighted by Crippen LogP contribution is 1.92. The molecule has 0 aromatic heterocycles. The lowest BCUT2D eigenvalue weighted by Crippen LogP contribution is -2.06. The molecule has 6 heteroatoms. The fourth-order valence-corrected chi connectivity index (χ4v) is 0.309. The van der Waals surface area contributed by atoms with Gasteiger partial charge < -0.3 is 9.84 Å². The quantitative estimate of drug-likeness (QED) is 0.590. The molecular weight excluding hydrogens is 152 g/mol. The van der Waals surface area contributed by atoms with Crippen molar-refractivity contribution in [3.8, 4) is 0 Å². The molecule has 0 heterocycles. The number of nitrogens with zero attached hydrogens (tertiary/aromatic N) is 2. The first-order valence-electron chi connectivity index (χ1n) is 2.87. The van der Waals surface area contributed by atoms with Gasteiger partial charge in [-0.2, -0.15) is 0 Å². The molecule has 0 unspecified atom stereocenters. The predicted octanol–water partition coefficient (Wildman–Crippen LogP) is 1.66. The Hall–Kier alpha value is -1.46. The average molecular weight is 160 g/mol. The van der Waals surface area contributed by atoms with Crippen molar-refractivity contribution in [2.75, 3.05) is 0 Å². The Balaban J connectivity index is 3.78. The highest BCUT2D eigenvalue weighted by molar-refractivity contribution is 5.72. The van der Waals surface area contributed by atoms with Gasteiger partial charge in [-0.25, -0.2) is 9.59 Å². The minimum Gasteiger partial charge on any atom is -0.462 e. The molecule has 1 N–H and O–H groups in total. The third-order valence-electron chi connectivity index (χ3n) is 0.554. The first kappa shape index (κ1) is 9.54. The number of hydrogen-bond acceptors (Lipinski definition) is 3. The third-order valence-corrected chi connectivity index (χ3v) is 0.554. The van der Waals surface area contributed by atoms with Crippen LogP contribution in [0.3, 0.4) is 0 Å². The van der Waals surface area contributed by atoms with Crippen LogP contribution in [-0.4, -0.2) is 23.4 Å². The van der Waals surface area contributed by atoms with Crippen molar-refractivity contribution in [1.29, 1.82) is 0 Å². The molecule has 0 aliphatic heterocycles. The first-order valence-corrected chi connectivity index (χ1v) is 2.87. The van der Waals surface area contributed by atoms with E-state index >= 15 is 0 Å². The summed E-state index contributed by atoms with van der Waals surface area (Å²) < 4.78 is 4.44. The topological polar surface area (TPSA) is 88.3 Å². The highest BCUT2D eigenvalue weighted by Gasteiger charge is 2.02. The summed E-state index contributed by atoms with van der Waals surface area (Å²) in [6.07, 6.45) is -2.84. The monoisotopic (exact) mass is 160 g/mol. The van der Waals surface area contributed by atoms with Gasteiger partial charge in [0.05, 0.1) is 6.10 Å². The van der Waals surface area contributed by atoms with Gasteiger partial charge in [0.2, 0.25) is 0 Å². The number of carbonyl (C=O) groups is 2. The smallest absolute Gasteiger partial charge is 0.452 e. The minimum absolute atomic E-state index is 0.324. The van der Waals surface area contributed by atoms with E-state index in [0.29, 0.717) is 0 Å². The molecule has 0 spiro atoms. The molecule has 0 bridgehead atoms. The fraction of sp³-hybridized carbons (Fsp3) is 0.600. The zero-order valence-corrected chi connectivity index (χ0v) is 6.14. The largest absolute Gasteiger partial charge is 0.462 e. The zero-order chi connectivity index (χ0) is 8.85. The number of carbonyl (C=O) groups excluding carboxylic acids is 1. The number of ether oxygens (including phenoxy) is 1. The summed E-state index contributed by atoms with van der Waals surface area (Å²) in [4.78, 5) is 20.1. The van der Waals surface area contributed by atoms with Gasteiger partial charge >= 0.3 is 12.2 Å². The predicted molar refractivity (Wildman–Crippen MR) is 34.5 cm³/mol. The molecule has 0 saturated carbocycles. The maximum absolute atomic E-state index is 10.4. The van der Waals surface area contributed by atoms with E-state index in [-0.39, 0.29) is 6.10 Å². The molecule has 0 radical (unpaired) electrons. The summed E-state index contributed by atoms with van der Waals surface area (Å²) in [7, 11) is 0. The molecule has 62 valence electrons. The van der Waals surface area contributed by atoms with Gasteiger partial charge in [0.25, 0.3) is 0 Å². The second-order valence-corrected chi connectivity index (χ2v) is 1.92. The van der Waals surface area contributed by atoms with Crippen molar-refractivity contribution >= 4 is 12.2 Å². The Morgan fingerprint density at radius 3 is 2.27 bits per heavy atom. The molecule has 0 fully saturated rings. The van der Waals surface area contributed by atoms with Gasteiger partial charge in [-0.3, -0.25) is 0 Å². The van der Waals surface area contributed by atoms with Crippen molar-refractivity contribution in [2.45, 2.75) is 20.0 Å². The fourth-order valence-electron chi connectivity index (χ4n) is 0.309. The van der Waals surface area contributed by atoms with Crippen molar-refractivity contribution < 1.29 is 19.4 Å². The van der Waals surface area contributed by atoms with Gasteiger partial charge in [-0.05, 0) is 13.8 Å². The Morgan fingerprint density at radius 1 is 1.36 bits per heavy atom. The maximum Gasteiger partial charge on any atom is 0.452 e. The summed E-state index contributed by atoms with van der Waals surface area (Å²) in [5.74, 6) is 0. The van der Waals surface area contributed by atoms with Crippen LogP contribution in [0.4, 0.5) is 9.59 Å². The number of hydrogen-bond donors (Lipinski definition) is 1. The van der Waals surface area contributed by atoms with Crippen LogP contribution in [0.2, 0.25) is 0 Å². The molecule has 0 atom stereocenters. The highest BCUT2D eigenvalue weighted by atomic mass is 16.6. The molecule has 0 saturated heterocycles. The van der Waals surface area contributed by atoms with E-state index in [9.17, 15) is 9.59 Å². The SMILES string of the molecule is CC(C)OC(=O)/N=N/C(=O)O. The van der Waals surface area contributed by atoms with Gasteiger partial charge in [0.15, 0.2) is 0 Å². The third kappa shape index (κ3) is 6.42. The summed E-state index contributed by atoms with van der Waals surface area (Å²) >= 11 is 0. The minimum atomic E-state index is -1.52. The van der Waals surface area contributed by atoms with Crippen molar-refractivity contribution in [1.82, 2.24) is 0 Å². The van der Waals surface area contributed by atoms with E-state index in [1.54, 1.807) is 13.8 Å². The van der Waals surface area contributed by atoms with E-state index in [0.717, 1.165) is 0 Å². The van der Waals surface area contributed by atoms with Crippen LogP contribution >= 0.6 is 0 Å². The molecule has 0 rings (SSSR count). The van der Waals surface area contributed by atoms with E-state index < -0.39 is 12.2 Å². The van der Waals surface area contributed by atoms with Gasteiger partial charge in [-0.1, -0.05) is 10.2 Å². The lowest BCUT2D eigenvalue weighted by Gasteiger charge is -2.01. The van der Waals surface area contributed by atoms with Crippen LogP contribution in [-0.2, 0) is 4.74 Å². The Morgan fingerprint density at radius 2 is 1.91 bits per heavy atom. The molecule has 0 aliphatic rings. The molecule has 0 aromatic rings. The summed E-state index contributed by atoms with van der Waals surface area (Å²) in [6, 6.07) is 0. The van der Waals surface area contributed by atoms with Crippen LogP contribution in [0.1, 0.15) is 13.8 Å². The maximum atomic E-state index is 10.4. The number of azo groups is 1. The van der Waals surface area contributed by atoms with E-state index in [1.165, 1.54) is 0 Å². The lowest BCUT2D eigenvalue weighted by atomic mass is 10.5. The van der Waals surface area contributed by atoms with Crippen LogP contribution in [0, 0.1) is 0 Å². The van der Waals surface area contributed by atoms with Crippen LogP contribution < -0.4 is 0 Å². The average Bonchev–Trinajstić information content (AvgIpc) is 1.82. The van der Waals surface area contributed by atoms with E-state index in [2.05, 4.69) is 15.0 Å². The number of rotatable bonds is 1. The van der Waals surface area contributed by atoms with Crippen LogP contribution in [0.5, 0.6) is 0 Å². The summed E-state index contributed by atoms with van der Waals surface area (Å²) in [5.41, 5.74) is 0. The Bertz CT molecular complexity index is 187. The molecular formula is C5H8N2O4. The molecule has 2 amide bonds. The van der Waals surface area contributed by atoms with Crippen molar-refractivity contribution in [2.24, 2.45) is 10.2 Å². The molecule has 0 aromatic carbocycles. The number of amides is 2. The normalized spacial score (nSPS) is 10.5. The van der Waals surface area contributed by atoms with E-state index in [4.69, 9.17) is 5.11 Å². The van der Waals surface area contributed by atoms with Crippen LogP contribution in [0.15, 0.2) is 10.2 Å². The molecule has 11 heavy (non-hydrogen) atoms. The number of carboxylic acid groups (broad SMARTS) is 1. The van der Waals surface area contributed by atoms with Gasteiger partial charge in [0.1, 0.15) is 0 Å². The standard InChI is InChI=1S/C5H8N2O4/c1-3(2)11-5(10)7-6-4(8)9/h3H,1-2H3,(H,8,9)/b7-6+. The first-order chi connectivity index (χ1) is 5.02. The van der Waals surface area contributed by atoms with Crippen LogP contribution in [0.25, 0.3) is 0 Å². The molecule has 0 aliphatic carbocycles. The van der Waals surface area contributed by atoms with Crippen molar-refractivity contribution in [3.05, 3.63) is 0 Å². The second-order valence-electron chi connectivity index (χ2n) is 1.92. The zero-order valence-electron chi connectivity index (χ0n) is 6.14. The summed E-state index contributed by atoms with van der Waals surface area (Å²) in [6.45, 7) is 3.24. The lowest BCUT2D eigenvalue weighted by molar-refractivity contribution is 0.123.